The molecule has 0 saturated heterocycles. The van der Waals surface area contributed by atoms with Crippen LogP contribution < -0.4 is 0 Å². The average molecular weight is 661 g/mol. The Morgan fingerprint density at radius 1 is 0.951 bits per heavy atom. The van der Waals surface area contributed by atoms with Crippen molar-refractivity contribution in [1.29, 1.82) is 0 Å². The van der Waals surface area contributed by atoms with Gasteiger partial charge in [0.15, 0.2) is 0 Å². The van der Waals surface area contributed by atoms with Crippen LogP contribution in [0.4, 0.5) is 26.3 Å². The Morgan fingerprint density at radius 2 is 1.56 bits per heavy atom. The van der Waals surface area contributed by atoms with E-state index >= 15 is 0 Å². The van der Waals surface area contributed by atoms with Gasteiger partial charge in [-0.25, -0.2) is 11.1 Å². The maximum Gasteiger partial charge on any atom is 2.00 e. The summed E-state index contributed by atoms with van der Waals surface area (Å²) < 4.78 is 79.4. The fourth-order valence-corrected chi connectivity index (χ4v) is 5.03. The molecule has 1 aliphatic carbocycles. The normalized spacial score (nSPS) is 13.5. The van der Waals surface area contributed by atoms with Crippen LogP contribution in [-0.2, 0) is 32.4 Å². The van der Waals surface area contributed by atoms with Crippen molar-refractivity contribution in [2.24, 2.45) is 0 Å². The van der Waals surface area contributed by atoms with Crippen molar-refractivity contribution in [1.82, 2.24) is 0 Å². The van der Waals surface area contributed by atoms with Gasteiger partial charge >= 0.3 is 151 Å². The second-order valence-corrected chi connectivity index (χ2v) is 12.1. The van der Waals surface area contributed by atoms with Crippen LogP contribution in [0.2, 0.25) is 13.1 Å². The van der Waals surface area contributed by atoms with Gasteiger partial charge in [-0.15, -0.1) is 54.4 Å². The van der Waals surface area contributed by atoms with Gasteiger partial charge in [-0.2, -0.15) is 12.1 Å². The van der Waals surface area contributed by atoms with Crippen LogP contribution in [0.5, 0.6) is 0 Å². The van der Waals surface area contributed by atoms with E-state index < -0.39 is 37.5 Å². The van der Waals surface area contributed by atoms with Crippen molar-refractivity contribution >= 4 is 43.4 Å². The van der Waals surface area contributed by atoms with Crippen molar-refractivity contribution in [3.05, 3.63) is 106 Å². The number of benzene rings is 2. The summed E-state index contributed by atoms with van der Waals surface area (Å²) in [5, 5.41) is 2.69. The first kappa shape index (κ1) is 36.8. The summed E-state index contributed by atoms with van der Waals surface area (Å²) in [4.78, 5) is 0. The van der Waals surface area contributed by atoms with Gasteiger partial charge in [-0.05, 0) is 0 Å². The number of alkyl halides is 6. The van der Waals surface area contributed by atoms with Crippen LogP contribution in [0.15, 0.2) is 77.4 Å². The van der Waals surface area contributed by atoms with Crippen LogP contribution in [0.3, 0.4) is 0 Å². The molecule has 3 aromatic rings. The molecule has 213 valence electrons. The van der Waals surface area contributed by atoms with Crippen molar-refractivity contribution in [3.63, 3.8) is 0 Å². The molecule has 0 aliphatic heterocycles. The van der Waals surface area contributed by atoms with Crippen LogP contribution in [0.1, 0.15) is 49.9 Å². The number of aryl methyl sites for hydroxylation is 1. The monoisotopic (exact) mass is 659 g/mol. The maximum absolute atomic E-state index is 13.4. The van der Waals surface area contributed by atoms with E-state index in [-0.39, 0.29) is 42.8 Å². The molecule has 0 bridgehead atoms. The van der Waals surface area contributed by atoms with Gasteiger partial charge in [0.1, 0.15) is 0 Å². The van der Waals surface area contributed by atoms with Gasteiger partial charge in [-0.3, -0.25) is 6.08 Å². The Kier molecular flexibility index (Phi) is 13.7. The first-order valence-corrected chi connectivity index (χ1v) is 15.2. The molecule has 1 radical (unpaired) electrons. The first-order valence-electron chi connectivity index (χ1n) is 12.6. The summed E-state index contributed by atoms with van der Waals surface area (Å²) in [6, 6.07) is 15.7. The fourth-order valence-electron chi connectivity index (χ4n) is 4.15. The molecule has 3 aromatic carbocycles. The van der Waals surface area contributed by atoms with Crippen LogP contribution in [-0.4, -0.2) is 33.2 Å². The first-order chi connectivity index (χ1) is 18.5. The van der Waals surface area contributed by atoms with E-state index in [1.807, 2.05) is 13.8 Å². The summed E-state index contributed by atoms with van der Waals surface area (Å²) in [7, 11) is 4.44. The third kappa shape index (κ3) is 9.64. The minimum absolute atomic E-state index is 0. The van der Waals surface area contributed by atoms with Crippen LogP contribution in [0, 0.1) is 13.0 Å². The predicted octanol–water partition coefficient (Wildman–Crippen LogP) is 9.45. The molecule has 41 heavy (non-hydrogen) atoms. The SMILES string of the molecule is C[C-]=C(C)C(C)=CC.Cc1cc2ccccc2[cH-]1.[B]=C1C(C=[Si](C)C)=C(C(F)(F)F)c2c1cccc2C(F)(F)F.[Zr+2]. The number of allylic oxidation sites excluding steroid dienone is 6. The zero-order valence-corrected chi connectivity index (χ0v) is 27.7. The quantitative estimate of drug-likeness (QED) is 0.111. The average Bonchev–Trinajstić information content (AvgIpc) is 3.39. The smallest absolute Gasteiger partial charge is 2.00 e. The van der Waals surface area contributed by atoms with Gasteiger partial charge in [0.05, 0.1) is 0 Å². The molecule has 0 N–H and O–H groups in total. The molecule has 0 unspecified atom stereocenters. The van der Waals surface area contributed by atoms with Gasteiger partial charge < -0.3 is 0 Å². The van der Waals surface area contributed by atoms with Crippen molar-refractivity contribution in [2.75, 3.05) is 0 Å². The van der Waals surface area contributed by atoms with Crippen LogP contribution in [0.25, 0.3) is 16.3 Å². The van der Waals surface area contributed by atoms with E-state index in [4.69, 9.17) is 7.49 Å². The van der Waals surface area contributed by atoms with Crippen molar-refractivity contribution < 1.29 is 52.5 Å². The third-order valence-corrected chi connectivity index (χ3v) is 7.21. The topological polar surface area (TPSA) is 0 Å². The summed E-state index contributed by atoms with van der Waals surface area (Å²) in [6.45, 7) is 13.7. The Labute approximate surface area is 260 Å². The van der Waals surface area contributed by atoms with E-state index in [2.05, 4.69) is 69.3 Å². The molecule has 0 saturated carbocycles. The van der Waals surface area contributed by atoms with Gasteiger partial charge in [-0.1, -0.05) is 26.8 Å². The molecular formula is C32H32BF6SiZr. The number of halogens is 6. The van der Waals surface area contributed by atoms with Gasteiger partial charge in [0, 0.05) is 0 Å². The largest absolute Gasteiger partial charge is 2.00 e. The summed E-state index contributed by atoms with van der Waals surface area (Å²) in [5.74, 6) is 0. The third-order valence-electron chi connectivity index (χ3n) is 6.35. The van der Waals surface area contributed by atoms with Crippen LogP contribution >= 0.6 is 0 Å². The molecule has 0 atom stereocenters. The molecule has 1 aliphatic rings. The zero-order chi connectivity index (χ0) is 30.4. The molecule has 4 rings (SSSR count). The van der Waals surface area contributed by atoms with E-state index in [0.29, 0.717) is 6.07 Å². The Bertz CT molecular complexity index is 1450. The zero-order valence-electron chi connectivity index (χ0n) is 24.2. The van der Waals surface area contributed by atoms with E-state index in [0.717, 1.165) is 6.07 Å². The van der Waals surface area contributed by atoms with E-state index in [9.17, 15) is 26.3 Å². The number of hydrogen-bond acceptors (Lipinski definition) is 0. The molecule has 0 nitrogen and oxygen atoms in total. The number of rotatable bonds is 2. The Hall–Kier alpha value is -2.25. The predicted molar refractivity (Wildman–Crippen MR) is 160 cm³/mol. The molecule has 0 spiro atoms. The number of fused-ring (bicyclic) bond motifs is 2. The molecule has 9 heteroatoms. The Balaban J connectivity index is 0.000000364. The van der Waals surface area contributed by atoms with E-state index in [1.54, 1.807) is 13.1 Å². The summed E-state index contributed by atoms with van der Waals surface area (Å²) in [6.07, 6.45) is -4.65. The van der Waals surface area contributed by atoms with Crippen molar-refractivity contribution in [2.45, 2.75) is 60.1 Å². The van der Waals surface area contributed by atoms with Gasteiger partial charge in [0.2, 0.25) is 0 Å². The summed E-state index contributed by atoms with van der Waals surface area (Å²) in [5.41, 5.74) is 0.969. The molecular weight excluding hydrogens is 628 g/mol. The second-order valence-electron chi connectivity index (χ2n) is 9.66. The fraction of sp³-hybridized carbons (Fsp3) is 0.281. The molecule has 0 amide bonds. The van der Waals surface area contributed by atoms with E-state index in [1.165, 1.54) is 39.2 Å². The van der Waals surface area contributed by atoms with Crippen molar-refractivity contribution in [3.8, 4) is 0 Å². The molecule has 0 aromatic heterocycles. The maximum atomic E-state index is 13.4. The minimum Gasteiger partial charge on any atom is 2.00 e. The standard InChI is InChI=1S/C14H10BF6Si.C10H9.C8H13.Zr/c1-22(2)6-8-11(14(19,20)21)10-7(12(8)15)4-3-5-9(10)13(16,17)18;1-8-6-9-4-2-3-5-10(9)7-8;1-5-7(3)8(4)6-2;/h3-6H,1-2H3;2-7H,1H3;5H,1-4H3;/q;2*-1;+2. The molecule has 0 heterocycles. The summed E-state index contributed by atoms with van der Waals surface area (Å²) >= 11 is 0. The second kappa shape index (κ2) is 15.3. The molecule has 0 fully saturated rings. The van der Waals surface area contributed by atoms with Gasteiger partial charge in [0.25, 0.3) is 0 Å². The Morgan fingerprint density at radius 3 is 2.02 bits per heavy atom. The number of hydrogen-bond donors (Lipinski definition) is 0. The minimum atomic E-state index is -4.92.